The Morgan fingerprint density at radius 1 is 1.33 bits per heavy atom. The number of hydrogen-bond donors (Lipinski definition) is 2. The van der Waals surface area contributed by atoms with Crippen LogP contribution in [0.25, 0.3) is 0 Å². The van der Waals surface area contributed by atoms with Gasteiger partial charge in [0.2, 0.25) is 5.89 Å². The summed E-state index contributed by atoms with van der Waals surface area (Å²) >= 11 is 0. The number of aromatic carboxylic acids is 1. The van der Waals surface area contributed by atoms with Gasteiger partial charge in [0.1, 0.15) is 12.2 Å². The number of aryl methyl sites for hydroxylation is 1. The highest BCUT2D eigenvalue weighted by molar-refractivity contribution is 5.99. The zero-order valence-corrected chi connectivity index (χ0v) is 14.5. The van der Waals surface area contributed by atoms with Gasteiger partial charge >= 0.3 is 5.97 Å². The summed E-state index contributed by atoms with van der Waals surface area (Å²) in [6.45, 7) is 7.51. The zero-order chi connectivity index (χ0) is 18.0. The summed E-state index contributed by atoms with van der Waals surface area (Å²) in [6, 6.07) is 0. The molecule has 0 aliphatic heterocycles. The van der Waals surface area contributed by atoms with Crippen molar-refractivity contribution in [3.63, 3.8) is 0 Å². The lowest BCUT2D eigenvalue weighted by molar-refractivity contribution is 0.0695. The summed E-state index contributed by atoms with van der Waals surface area (Å²) in [5.41, 5.74) is 1.26. The van der Waals surface area contributed by atoms with Crippen LogP contribution in [0.15, 0.2) is 4.52 Å². The number of H-pyrrole nitrogens is 1. The number of carboxylic acid groups (broad SMARTS) is 1. The van der Waals surface area contributed by atoms with Gasteiger partial charge in [-0.3, -0.25) is 4.79 Å². The fraction of sp³-hybridized carbons (Fsp3) is 0.500. The Morgan fingerprint density at radius 3 is 2.54 bits per heavy atom. The Bertz CT molecular complexity index is 760. The minimum absolute atomic E-state index is 0.128. The van der Waals surface area contributed by atoms with E-state index in [1.54, 1.807) is 20.9 Å². The van der Waals surface area contributed by atoms with Gasteiger partial charge in [-0.15, -0.1) is 0 Å². The van der Waals surface area contributed by atoms with Gasteiger partial charge in [-0.05, 0) is 25.3 Å². The van der Waals surface area contributed by atoms with Crippen LogP contribution in [0.5, 0.6) is 0 Å². The second-order valence-corrected chi connectivity index (χ2v) is 6.29. The smallest absolute Gasteiger partial charge is 0.337 e. The van der Waals surface area contributed by atoms with Crippen LogP contribution in [-0.2, 0) is 13.0 Å². The molecule has 0 aliphatic carbocycles. The van der Waals surface area contributed by atoms with Crippen LogP contribution < -0.4 is 0 Å². The molecular formula is C16H22N4O4. The maximum atomic E-state index is 12.6. The molecule has 0 aliphatic rings. The van der Waals surface area contributed by atoms with Crippen LogP contribution in [0, 0.1) is 19.8 Å². The lowest BCUT2D eigenvalue weighted by Crippen LogP contribution is -2.27. The maximum absolute atomic E-state index is 12.6. The first-order valence-corrected chi connectivity index (χ1v) is 7.70. The lowest BCUT2D eigenvalue weighted by atomic mass is 10.1. The normalized spacial score (nSPS) is 11.1. The molecule has 8 heteroatoms. The SMILES string of the molecule is Cc1[nH]c(C(=O)N(C)Cc2nc(CC(C)C)no2)c(C)c1C(=O)O. The topological polar surface area (TPSA) is 112 Å². The fourth-order valence-electron chi connectivity index (χ4n) is 2.55. The number of amides is 1. The van der Waals surface area contributed by atoms with Crippen molar-refractivity contribution in [3.8, 4) is 0 Å². The Labute approximate surface area is 139 Å². The number of nitrogens with zero attached hydrogens (tertiary/aromatic N) is 3. The zero-order valence-electron chi connectivity index (χ0n) is 14.5. The summed E-state index contributed by atoms with van der Waals surface area (Å²) in [5, 5.41) is 13.1. The van der Waals surface area contributed by atoms with E-state index in [0.717, 1.165) is 0 Å². The average Bonchev–Trinajstić information content (AvgIpc) is 3.01. The molecule has 0 unspecified atom stereocenters. The molecule has 0 aromatic carbocycles. The number of aromatic nitrogens is 3. The van der Waals surface area contributed by atoms with Gasteiger partial charge in [-0.2, -0.15) is 4.98 Å². The molecule has 2 rings (SSSR count). The highest BCUT2D eigenvalue weighted by atomic mass is 16.5. The molecular weight excluding hydrogens is 312 g/mol. The molecule has 2 aromatic heterocycles. The molecule has 0 saturated heterocycles. The molecule has 1 amide bonds. The molecule has 0 radical (unpaired) electrons. The first-order chi connectivity index (χ1) is 11.2. The molecule has 2 N–H and O–H groups in total. The Hall–Kier alpha value is -2.64. The van der Waals surface area contributed by atoms with Gasteiger partial charge in [-0.1, -0.05) is 19.0 Å². The van der Waals surface area contributed by atoms with E-state index >= 15 is 0 Å². The van der Waals surface area contributed by atoms with Gasteiger partial charge < -0.3 is 19.5 Å². The summed E-state index contributed by atoms with van der Waals surface area (Å²) in [7, 11) is 1.60. The molecule has 2 aromatic rings. The third-order valence-corrected chi connectivity index (χ3v) is 3.69. The van der Waals surface area contributed by atoms with E-state index < -0.39 is 5.97 Å². The number of carboxylic acids is 1. The van der Waals surface area contributed by atoms with Gasteiger partial charge in [0.15, 0.2) is 5.82 Å². The van der Waals surface area contributed by atoms with E-state index in [9.17, 15) is 14.7 Å². The van der Waals surface area contributed by atoms with Crippen molar-refractivity contribution < 1.29 is 19.2 Å². The number of nitrogens with one attached hydrogen (secondary N) is 1. The maximum Gasteiger partial charge on any atom is 0.337 e. The lowest BCUT2D eigenvalue weighted by Gasteiger charge is -2.14. The van der Waals surface area contributed by atoms with Crippen molar-refractivity contribution in [1.29, 1.82) is 0 Å². The van der Waals surface area contributed by atoms with Crippen molar-refractivity contribution >= 4 is 11.9 Å². The van der Waals surface area contributed by atoms with Gasteiger partial charge in [-0.25, -0.2) is 4.79 Å². The predicted molar refractivity (Wildman–Crippen MR) is 85.9 cm³/mol. The van der Waals surface area contributed by atoms with E-state index in [-0.39, 0.29) is 23.7 Å². The highest BCUT2D eigenvalue weighted by Gasteiger charge is 2.24. The first kappa shape index (κ1) is 17.7. The molecule has 24 heavy (non-hydrogen) atoms. The quantitative estimate of drug-likeness (QED) is 0.837. The summed E-state index contributed by atoms with van der Waals surface area (Å²) in [4.78, 5) is 32.3. The molecule has 8 nitrogen and oxygen atoms in total. The second kappa shape index (κ2) is 6.86. The molecule has 0 atom stereocenters. The minimum atomic E-state index is -1.06. The second-order valence-electron chi connectivity index (χ2n) is 6.29. The summed E-state index contributed by atoms with van der Waals surface area (Å²) in [6.07, 6.45) is 0.706. The van der Waals surface area contributed by atoms with Crippen molar-refractivity contribution in [2.45, 2.75) is 40.7 Å². The van der Waals surface area contributed by atoms with Crippen LogP contribution in [0.4, 0.5) is 0 Å². The average molecular weight is 334 g/mol. The summed E-state index contributed by atoms with van der Waals surface area (Å²) in [5.74, 6) is -0.0134. The number of carbonyl (C=O) groups excluding carboxylic acids is 1. The van der Waals surface area contributed by atoms with E-state index in [2.05, 4.69) is 29.0 Å². The van der Waals surface area contributed by atoms with Gasteiger partial charge in [0.05, 0.1) is 5.56 Å². The monoisotopic (exact) mass is 334 g/mol. The van der Waals surface area contributed by atoms with E-state index in [1.165, 1.54) is 4.90 Å². The van der Waals surface area contributed by atoms with Gasteiger partial charge in [0.25, 0.3) is 5.91 Å². The molecule has 130 valence electrons. The van der Waals surface area contributed by atoms with Crippen LogP contribution in [-0.4, -0.2) is 44.1 Å². The van der Waals surface area contributed by atoms with Crippen molar-refractivity contribution in [3.05, 3.63) is 34.2 Å². The number of carbonyl (C=O) groups is 2. The van der Waals surface area contributed by atoms with Crippen LogP contribution >= 0.6 is 0 Å². The number of hydrogen-bond acceptors (Lipinski definition) is 5. The largest absolute Gasteiger partial charge is 0.478 e. The fourth-order valence-corrected chi connectivity index (χ4v) is 2.55. The van der Waals surface area contributed by atoms with Crippen molar-refractivity contribution in [1.82, 2.24) is 20.0 Å². The molecule has 0 saturated carbocycles. The molecule has 0 spiro atoms. The van der Waals surface area contributed by atoms with Crippen molar-refractivity contribution in [2.24, 2.45) is 5.92 Å². The van der Waals surface area contributed by atoms with E-state index in [1.807, 2.05) is 0 Å². The number of rotatable bonds is 6. The summed E-state index contributed by atoms with van der Waals surface area (Å²) < 4.78 is 5.16. The van der Waals surface area contributed by atoms with E-state index in [0.29, 0.717) is 35.3 Å². The van der Waals surface area contributed by atoms with Gasteiger partial charge in [0, 0.05) is 19.2 Å². The van der Waals surface area contributed by atoms with Crippen LogP contribution in [0.1, 0.15) is 57.7 Å². The Balaban J connectivity index is 2.14. The molecule has 2 heterocycles. The van der Waals surface area contributed by atoms with Crippen molar-refractivity contribution in [2.75, 3.05) is 7.05 Å². The third kappa shape index (κ3) is 3.64. The molecule has 0 bridgehead atoms. The highest BCUT2D eigenvalue weighted by Crippen LogP contribution is 2.19. The molecule has 0 fully saturated rings. The Morgan fingerprint density at radius 2 is 2.00 bits per heavy atom. The third-order valence-electron chi connectivity index (χ3n) is 3.69. The van der Waals surface area contributed by atoms with Crippen LogP contribution in [0.2, 0.25) is 0 Å². The van der Waals surface area contributed by atoms with Crippen LogP contribution in [0.3, 0.4) is 0 Å². The standard InChI is InChI=1S/C16H22N4O4/c1-8(2)6-11-18-12(24-19-11)7-20(5)15(21)14-9(3)13(16(22)23)10(4)17-14/h8,17H,6-7H2,1-5H3,(H,22,23). The Kier molecular flexibility index (Phi) is 5.06. The predicted octanol–water partition coefficient (Wildman–Crippen LogP) is 2.18. The minimum Gasteiger partial charge on any atom is -0.478 e. The first-order valence-electron chi connectivity index (χ1n) is 7.70. The number of aromatic amines is 1. The van der Waals surface area contributed by atoms with E-state index in [4.69, 9.17) is 4.52 Å².